The van der Waals surface area contributed by atoms with E-state index in [0.29, 0.717) is 11.3 Å². The first-order chi connectivity index (χ1) is 11.6. The van der Waals surface area contributed by atoms with E-state index in [1.54, 1.807) is 24.3 Å². The van der Waals surface area contributed by atoms with Gasteiger partial charge in [-0.1, -0.05) is 18.2 Å². The number of carbonyl (C=O) groups excluding carboxylic acids is 1. The highest BCUT2D eigenvalue weighted by atomic mass is 19.3. The zero-order valence-corrected chi connectivity index (χ0v) is 12.7. The molecule has 0 aliphatic carbocycles. The third kappa shape index (κ3) is 5.24. The Morgan fingerprint density at radius 2 is 1.92 bits per heavy atom. The van der Waals surface area contributed by atoms with Crippen LogP contribution in [0, 0.1) is 0 Å². The van der Waals surface area contributed by atoms with Gasteiger partial charge in [-0.3, -0.25) is 0 Å². The van der Waals surface area contributed by atoms with Crippen molar-refractivity contribution in [3.8, 4) is 11.5 Å². The molecule has 0 aromatic heterocycles. The van der Waals surface area contributed by atoms with Gasteiger partial charge < -0.3 is 14.8 Å². The molecule has 8 heteroatoms. The van der Waals surface area contributed by atoms with Crippen molar-refractivity contribution in [1.82, 2.24) is 5.43 Å². The Bertz CT molecular complexity index is 709. The molecular weight excluding hydrogens is 320 g/mol. The van der Waals surface area contributed by atoms with Crippen molar-refractivity contribution in [2.24, 2.45) is 5.10 Å². The number of hydrogen-bond acceptors (Lipinski definition) is 4. The summed E-state index contributed by atoms with van der Waals surface area (Å²) < 4.78 is 33.8. The highest BCUT2D eigenvalue weighted by molar-refractivity contribution is 5.90. The molecular formula is C16H15F2N3O3. The van der Waals surface area contributed by atoms with Gasteiger partial charge in [-0.05, 0) is 35.9 Å². The van der Waals surface area contributed by atoms with Gasteiger partial charge in [-0.15, -0.1) is 0 Å². The second-order valence-electron chi connectivity index (χ2n) is 4.48. The Morgan fingerprint density at radius 1 is 1.17 bits per heavy atom. The van der Waals surface area contributed by atoms with E-state index < -0.39 is 12.6 Å². The average molecular weight is 335 g/mol. The molecule has 126 valence electrons. The molecule has 0 fully saturated rings. The van der Waals surface area contributed by atoms with Crippen LogP contribution in [0.1, 0.15) is 5.56 Å². The SMILES string of the molecule is COc1cc(/C=N\NC(=O)Nc2ccccc2)ccc1OC(F)F. The summed E-state index contributed by atoms with van der Waals surface area (Å²) >= 11 is 0. The number of urea groups is 1. The zero-order chi connectivity index (χ0) is 17.4. The number of carbonyl (C=O) groups is 1. The van der Waals surface area contributed by atoms with E-state index in [1.807, 2.05) is 6.07 Å². The van der Waals surface area contributed by atoms with Crippen LogP contribution < -0.4 is 20.2 Å². The number of rotatable bonds is 6. The number of benzene rings is 2. The Balaban J connectivity index is 1.95. The van der Waals surface area contributed by atoms with Crippen LogP contribution in [0.5, 0.6) is 11.5 Å². The minimum atomic E-state index is -2.94. The molecule has 6 nitrogen and oxygen atoms in total. The van der Waals surface area contributed by atoms with Gasteiger partial charge in [0, 0.05) is 5.69 Å². The second kappa shape index (κ2) is 8.47. The van der Waals surface area contributed by atoms with Crippen molar-refractivity contribution < 1.29 is 23.0 Å². The topological polar surface area (TPSA) is 72.0 Å². The van der Waals surface area contributed by atoms with Crippen molar-refractivity contribution in [2.75, 3.05) is 12.4 Å². The summed E-state index contributed by atoms with van der Waals surface area (Å²) in [6, 6.07) is 12.6. The lowest BCUT2D eigenvalue weighted by Gasteiger charge is -2.10. The summed E-state index contributed by atoms with van der Waals surface area (Å²) in [6.07, 6.45) is 1.35. The van der Waals surface area contributed by atoms with Crippen LogP contribution in [-0.4, -0.2) is 26.0 Å². The summed E-state index contributed by atoms with van der Waals surface area (Å²) in [7, 11) is 1.33. The van der Waals surface area contributed by atoms with Gasteiger partial charge in [-0.25, -0.2) is 10.2 Å². The molecule has 2 amide bonds. The standard InChI is InChI=1S/C16H15F2N3O3/c1-23-14-9-11(7-8-13(14)24-15(17)18)10-19-21-16(22)20-12-5-3-2-4-6-12/h2-10,15H,1H3,(H2,20,21,22)/b19-10-. The molecule has 0 saturated carbocycles. The van der Waals surface area contributed by atoms with Crippen molar-refractivity contribution in [2.45, 2.75) is 6.61 Å². The maximum Gasteiger partial charge on any atom is 0.387 e. The van der Waals surface area contributed by atoms with Gasteiger partial charge in [0.25, 0.3) is 0 Å². The fraction of sp³-hybridized carbons (Fsp3) is 0.125. The number of anilines is 1. The smallest absolute Gasteiger partial charge is 0.387 e. The number of para-hydroxylation sites is 1. The Hall–Kier alpha value is -3.16. The lowest BCUT2D eigenvalue weighted by atomic mass is 10.2. The lowest BCUT2D eigenvalue weighted by Crippen LogP contribution is -2.24. The number of methoxy groups -OCH3 is 1. The summed E-state index contributed by atoms with van der Waals surface area (Å²) in [6.45, 7) is -2.94. The van der Waals surface area contributed by atoms with Crippen LogP contribution in [-0.2, 0) is 0 Å². The first-order valence-corrected chi connectivity index (χ1v) is 6.86. The number of ether oxygens (including phenoxy) is 2. The summed E-state index contributed by atoms with van der Waals surface area (Å²) in [5.41, 5.74) is 3.45. The molecule has 0 atom stereocenters. The number of hydrazone groups is 1. The Labute approximate surface area is 137 Å². The van der Waals surface area contributed by atoms with E-state index in [4.69, 9.17) is 4.74 Å². The molecule has 0 heterocycles. The minimum absolute atomic E-state index is 0.0839. The number of alkyl halides is 2. The van der Waals surface area contributed by atoms with Crippen molar-refractivity contribution >= 4 is 17.9 Å². The predicted molar refractivity (Wildman–Crippen MR) is 85.8 cm³/mol. The van der Waals surface area contributed by atoms with Crippen LogP contribution in [0.15, 0.2) is 53.6 Å². The van der Waals surface area contributed by atoms with E-state index in [9.17, 15) is 13.6 Å². The van der Waals surface area contributed by atoms with Gasteiger partial charge in [0.1, 0.15) is 0 Å². The Kier molecular flexibility index (Phi) is 6.07. The lowest BCUT2D eigenvalue weighted by molar-refractivity contribution is -0.0512. The fourth-order valence-corrected chi connectivity index (χ4v) is 1.80. The molecule has 0 bridgehead atoms. The minimum Gasteiger partial charge on any atom is -0.493 e. The summed E-state index contributed by atoms with van der Waals surface area (Å²) in [5.74, 6) is 0.0485. The number of hydrogen-bond donors (Lipinski definition) is 2. The third-order valence-corrected chi connectivity index (χ3v) is 2.82. The molecule has 0 spiro atoms. The quantitative estimate of drug-likeness (QED) is 0.627. The molecule has 0 saturated heterocycles. The van der Waals surface area contributed by atoms with Gasteiger partial charge in [0.2, 0.25) is 0 Å². The predicted octanol–water partition coefficient (Wildman–Crippen LogP) is 3.45. The molecule has 2 aromatic rings. The van der Waals surface area contributed by atoms with Crippen LogP contribution in [0.3, 0.4) is 0 Å². The molecule has 2 N–H and O–H groups in total. The largest absolute Gasteiger partial charge is 0.493 e. The van der Waals surface area contributed by atoms with Crippen molar-refractivity contribution in [3.05, 3.63) is 54.1 Å². The fourth-order valence-electron chi connectivity index (χ4n) is 1.80. The van der Waals surface area contributed by atoms with E-state index in [2.05, 4.69) is 20.6 Å². The van der Waals surface area contributed by atoms with Crippen molar-refractivity contribution in [3.63, 3.8) is 0 Å². The molecule has 0 aliphatic rings. The zero-order valence-electron chi connectivity index (χ0n) is 12.7. The van der Waals surface area contributed by atoms with Crippen LogP contribution >= 0.6 is 0 Å². The molecule has 0 unspecified atom stereocenters. The molecule has 0 radical (unpaired) electrons. The van der Waals surface area contributed by atoms with Gasteiger partial charge in [-0.2, -0.15) is 13.9 Å². The van der Waals surface area contributed by atoms with E-state index in [-0.39, 0.29) is 11.5 Å². The molecule has 24 heavy (non-hydrogen) atoms. The highest BCUT2D eigenvalue weighted by Crippen LogP contribution is 2.28. The van der Waals surface area contributed by atoms with Crippen LogP contribution in [0.2, 0.25) is 0 Å². The number of nitrogens with one attached hydrogen (secondary N) is 2. The maximum absolute atomic E-state index is 12.2. The second-order valence-corrected chi connectivity index (χ2v) is 4.48. The average Bonchev–Trinajstić information content (AvgIpc) is 2.56. The molecule has 2 aromatic carbocycles. The van der Waals surface area contributed by atoms with Crippen LogP contribution in [0.25, 0.3) is 0 Å². The van der Waals surface area contributed by atoms with E-state index in [1.165, 1.54) is 31.5 Å². The number of amides is 2. The van der Waals surface area contributed by atoms with Crippen molar-refractivity contribution in [1.29, 1.82) is 0 Å². The van der Waals surface area contributed by atoms with Gasteiger partial charge in [0.15, 0.2) is 11.5 Å². The molecule has 2 rings (SSSR count). The van der Waals surface area contributed by atoms with E-state index in [0.717, 1.165) is 0 Å². The van der Waals surface area contributed by atoms with E-state index >= 15 is 0 Å². The number of halogens is 2. The van der Waals surface area contributed by atoms with Gasteiger partial charge >= 0.3 is 12.6 Å². The monoisotopic (exact) mass is 335 g/mol. The van der Waals surface area contributed by atoms with Gasteiger partial charge in [0.05, 0.1) is 13.3 Å². The summed E-state index contributed by atoms with van der Waals surface area (Å²) in [4.78, 5) is 11.6. The normalized spacial score (nSPS) is 10.7. The van der Waals surface area contributed by atoms with Crippen LogP contribution in [0.4, 0.5) is 19.3 Å². The first-order valence-electron chi connectivity index (χ1n) is 6.86. The molecule has 0 aliphatic heterocycles. The number of nitrogens with zero attached hydrogens (tertiary/aromatic N) is 1. The summed E-state index contributed by atoms with van der Waals surface area (Å²) in [5, 5.41) is 6.36. The first kappa shape index (κ1) is 17.2. The maximum atomic E-state index is 12.2. The Morgan fingerprint density at radius 3 is 2.58 bits per heavy atom. The highest BCUT2D eigenvalue weighted by Gasteiger charge is 2.10. The third-order valence-electron chi connectivity index (χ3n) is 2.82.